The van der Waals surface area contributed by atoms with Gasteiger partial charge in [0.15, 0.2) is 0 Å². The predicted octanol–water partition coefficient (Wildman–Crippen LogP) is -2.78. The molecule has 0 aromatic carbocycles. The largest absolute Gasteiger partial charge is 0.480 e. The Morgan fingerprint density at radius 1 is 1.43 bits per heavy atom. The predicted molar refractivity (Wildman–Crippen MR) is 48.3 cm³/mol. The molecule has 82 valence electrons. The molecule has 0 aliphatic heterocycles. The minimum Gasteiger partial charge on any atom is -0.480 e. The van der Waals surface area contributed by atoms with Gasteiger partial charge < -0.3 is 27.0 Å². The number of carbonyl (C=O) groups is 2. The Balaban J connectivity index is 3.91. The van der Waals surface area contributed by atoms with Gasteiger partial charge in [0, 0.05) is 6.54 Å². The molecule has 0 radical (unpaired) electrons. The number of nitrogens with one attached hydrogen (secondary N) is 1. The first-order chi connectivity index (χ1) is 6.36. The number of amides is 1. The topological polar surface area (TPSA) is 139 Å². The summed E-state index contributed by atoms with van der Waals surface area (Å²) in [4.78, 5) is 21.3. The first kappa shape index (κ1) is 12.8. The Morgan fingerprint density at radius 3 is 2.29 bits per heavy atom. The summed E-state index contributed by atoms with van der Waals surface area (Å²) in [6.07, 6.45) is -0.990. The molecule has 14 heavy (non-hydrogen) atoms. The van der Waals surface area contributed by atoms with Crippen LogP contribution in [0.15, 0.2) is 0 Å². The molecular formula is C7H15N3O4. The second-order valence-corrected chi connectivity index (χ2v) is 2.96. The van der Waals surface area contributed by atoms with Crippen molar-refractivity contribution in [2.45, 2.75) is 25.1 Å². The van der Waals surface area contributed by atoms with Crippen LogP contribution >= 0.6 is 0 Å². The molecule has 7 N–H and O–H groups in total. The third-order valence-corrected chi connectivity index (χ3v) is 1.64. The van der Waals surface area contributed by atoms with Crippen LogP contribution in [0, 0.1) is 0 Å². The van der Waals surface area contributed by atoms with E-state index in [2.05, 4.69) is 5.32 Å². The summed E-state index contributed by atoms with van der Waals surface area (Å²) in [7, 11) is 0. The summed E-state index contributed by atoms with van der Waals surface area (Å²) in [5.74, 6) is -1.84. The summed E-state index contributed by atoms with van der Waals surface area (Å²) in [6.45, 7) is 1.15. The van der Waals surface area contributed by atoms with Gasteiger partial charge in [0.25, 0.3) is 0 Å². The molecule has 0 heterocycles. The van der Waals surface area contributed by atoms with E-state index in [1.54, 1.807) is 0 Å². The van der Waals surface area contributed by atoms with Crippen molar-refractivity contribution in [2.24, 2.45) is 11.5 Å². The van der Waals surface area contributed by atoms with Gasteiger partial charge in [-0.25, -0.2) is 0 Å². The lowest BCUT2D eigenvalue weighted by molar-refractivity contribution is -0.138. The molecule has 0 saturated heterocycles. The smallest absolute Gasteiger partial charge is 0.322 e. The maximum atomic E-state index is 11.1. The maximum Gasteiger partial charge on any atom is 0.322 e. The first-order valence-corrected chi connectivity index (χ1v) is 4.06. The molecule has 3 atom stereocenters. The molecule has 0 spiro atoms. The highest BCUT2D eigenvalue weighted by molar-refractivity contribution is 5.83. The van der Waals surface area contributed by atoms with Crippen molar-refractivity contribution < 1.29 is 19.8 Å². The van der Waals surface area contributed by atoms with Gasteiger partial charge in [-0.3, -0.25) is 9.59 Å². The van der Waals surface area contributed by atoms with Crippen LogP contribution in [-0.4, -0.2) is 46.8 Å². The summed E-state index contributed by atoms with van der Waals surface area (Å²) >= 11 is 0. The van der Waals surface area contributed by atoms with E-state index in [9.17, 15) is 9.59 Å². The van der Waals surface area contributed by atoms with Crippen LogP contribution in [0.1, 0.15) is 6.92 Å². The minimum atomic E-state index is -1.21. The van der Waals surface area contributed by atoms with E-state index >= 15 is 0 Å². The molecule has 0 saturated carbocycles. The highest BCUT2D eigenvalue weighted by atomic mass is 16.4. The Bertz CT molecular complexity index is 219. The number of carbonyl (C=O) groups excluding carboxylic acids is 1. The SMILES string of the molecule is C[C@@H](O)[C@H](N)C(=O)NC[C@H](N)C(=O)O. The zero-order valence-corrected chi connectivity index (χ0v) is 7.80. The number of rotatable bonds is 5. The Labute approximate surface area is 81.1 Å². The van der Waals surface area contributed by atoms with Crippen molar-refractivity contribution in [1.29, 1.82) is 0 Å². The fraction of sp³-hybridized carbons (Fsp3) is 0.714. The highest BCUT2D eigenvalue weighted by Gasteiger charge is 2.20. The third-order valence-electron chi connectivity index (χ3n) is 1.64. The van der Waals surface area contributed by atoms with Crippen molar-refractivity contribution in [3.05, 3.63) is 0 Å². The Morgan fingerprint density at radius 2 is 1.93 bits per heavy atom. The molecule has 0 aliphatic rings. The number of aliphatic hydroxyl groups is 1. The normalized spacial score (nSPS) is 16.9. The van der Waals surface area contributed by atoms with Gasteiger partial charge in [-0.2, -0.15) is 0 Å². The number of aliphatic hydroxyl groups excluding tert-OH is 1. The molecule has 0 fully saturated rings. The second-order valence-electron chi connectivity index (χ2n) is 2.96. The average molecular weight is 205 g/mol. The lowest BCUT2D eigenvalue weighted by Crippen LogP contribution is -2.51. The summed E-state index contributed by atoms with van der Waals surface area (Å²) < 4.78 is 0. The van der Waals surface area contributed by atoms with E-state index < -0.39 is 30.1 Å². The lowest BCUT2D eigenvalue weighted by Gasteiger charge is -2.15. The molecule has 7 heteroatoms. The molecule has 1 amide bonds. The van der Waals surface area contributed by atoms with E-state index in [4.69, 9.17) is 21.7 Å². The monoisotopic (exact) mass is 205 g/mol. The summed E-state index contributed by atoms with van der Waals surface area (Å²) in [5.41, 5.74) is 10.4. The fourth-order valence-corrected chi connectivity index (χ4v) is 0.635. The quantitative estimate of drug-likeness (QED) is 0.329. The van der Waals surface area contributed by atoms with Gasteiger partial charge >= 0.3 is 5.97 Å². The molecular weight excluding hydrogens is 190 g/mol. The van der Waals surface area contributed by atoms with Crippen LogP contribution in [0.4, 0.5) is 0 Å². The van der Waals surface area contributed by atoms with Gasteiger partial charge in [0.2, 0.25) is 5.91 Å². The zero-order chi connectivity index (χ0) is 11.3. The second kappa shape index (κ2) is 5.53. The van der Waals surface area contributed by atoms with Crippen molar-refractivity contribution in [1.82, 2.24) is 5.32 Å². The van der Waals surface area contributed by atoms with Gasteiger partial charge in [0.05, 0.1) is 6.10 Å². The molecule has 0 unspecified atom stereocenters. The maximum absolute atomic E-state index is 11.1. The van der Waals surface area contributed by atoms with Gasteiger partial charge in [-0.15, -0.1) is 0 Å². The summed E-state index contributed by atoms with van der Waals surface area (Å²) in [5, 5.41) is 19.5. The van der Waals surface area contributed by atoms with Gasteiger partial charge in [0.1, 0.15) is 12.1 Å². The lowest BCUT2D eigenvalue weighted by atomic mass is 10.2. The Kier molecular flexibility index (Phi) is 5.06. The van der Waals surface area contributed by atoms with Gasteiger partial charge in [-0.05, 0) is 6.92 Å². The first-order valence-electron chi connectivity index (χ1n) is 4.06. The molecule has 7 nitrogen and oxygen atoms in total. The van der Waals surface area contributed by atoms with Crippen LogP contribution in [0.3, 0.4) is 0 Å². The number of carboxylic acid groups (broad SMARTS) is 1. The summed E-state index contributed by atoms with van der Waals surface area (Å²) in [6, 6.07) is -2.24. The van der Waals surface area contributed by atoms with Crippen molar-refractivity contribution in [3.8, 4) is 0 Å². The Hall–Kier alpha value is -1.18. The number of aliphatic carboxylic acids is 1. The molecule has 0 bridgehead atoms. The van der Waals surface area contributed by atoms with Crippen molar-refractivity contribution >= 4 is 11.9 Å². The average Bonchev–Trinajstić information content (AvgIpc) is 2.11. The zero-order valence-electron chi connectivity index (χ0n) is 7.80. The van der Waals surface area contributed by atoms with E-state index in [1.807, 2.05) is 0 Å². The van der Waals surface area contributed by atoms with E-state index in [-0.39, 0.29) is 6.54 Å². The van der Waals surface area contributed by atoms with Crippen LogP contribution < -0.4 is 16.8 Å². The molecule has 0 rings (SSSR count). The van der Waals surface area contributed by atoms with Crippen LogP contribution in [0.5, 0.6) is 0 Å². The third kappa shape index (κ3) is 4.17. The highest BCUT2D eigenvalue weighted by Crippen LogP contribution is 1.88. The minimum absolute atomic E-state index is 0.214. The van der Waals surface area contributed by atoms with Crippen LogP contribution in [0.25, 0.3) is 0 Å². The molecule has 0 aromatic rings. The van der Waals surface area contributed by atoms with E-state index in [0.717, 1.165) is 0 Å². The number of nitrogens with two attached hydrogens (primary N) is 2. The van der Waals surface area contributed by atoms with Crippen LogP contribution in [-0.2, 0) is 9.59 Å². The van der Waals surface area contributed by atoms with Gasteiger partial charge in [-0.1, -0.05) is 0 Å². The van der Waals surface area contributed by atoms with Crippen molar-refractivity contribution in [3.63, 3.8) is 0 Å². The number of hydrogen-bond donors (Lipinski definition) is 5. The van der Waals surface area contributed by atoms with E-state index in [1.165, 1.54) is 6.92 Å². The van der Waals surface area contributed by atoms with E-state index in [0.29, 0.717) is 0 Å². The molecule has 0 aromatic heterocycles. The number of hydrogen-bond acceptors (Lipinski definition) is 5. The van der Waals surface area contributed by atoms with Crippen molar-refractivity contribution in [2.75, 3.05) is 6.54 Å². The number of carboxylic acids is 1. The fourth-order valence-electron chi connectivity index (χ4n) is 0.635. The molecule has 0 aliphatic carbocycles. The standard InChI is InChI=1S/C7H15N3O4/c1-3(11)5(9)6(12)10-2-4(8)7(13)14/h3-5,11H,2,8-9H2,1H3,(H,10,12)(H,13,14)/t3-,4+,5+/m1/s1. The van der Waals surface area contributed by atoms with Crippen LogP contribution in [0.2, 0.25) is 0 Å².